The molecule has 1 aromatic carbocycles. The molecule has 0 fully saturated rings. The Bertz CT molecular complexity index is 882. The standard InChI is InChI=1S/C19H22N4O3/c1-12(2)26-14-6-4-13(5-7-14)15-8-9-16-17(21-15)18(23-19(20)22-16)25-11-10-24-3/h4-9,12H,10-11H2,1-3H3,(H2,20,22,23). The Morgan fingerprint density at radius 3 is 2.42 bits per heavy atom. The fraction of sp³-hybridized carbons (Fsp3) is 0.316. The van der Waals surface area contributed by atoms with Crippen molar-refractivity contribution in [1.82, 2.24) is 15.0 Å². The van der Waals surface area contributed by atoms with Crippen LogP contribution in [0.4, 0.5) is 5.95 Å². The fourth-order valence-electron chi connectivity index (χ4n) is 2.46. The third-order valence-electron chi connectivity index (χ3n) is 3.58. The van der Waals surface area contributed by atoms with Crippen molar-refractivity contribution in [2.75, 3.05) is 26.1 Å². The average molecular weight is 354 g/mol. The smallest absolute Gasteiger partial charge is 0.245 e. The molecule has 0 aliphatic carbocycles. The molecule has 26 heavy (non-hydrogen) atoms. The molecule has 7 heteroatoms. The van der Waals surface area contributed by atoms with Crippen molar-refractivity contribution in [2.24, 2.45) is 0 Å². The second-order valence-electron chi connectivity index (χ2n) is 5.98. The zero-order chi connectivity index (χ0) is 18.5. The highest BCUT2D eigenvalue weighted by molar-refractivity contribution is 5.83. The lowest BCUT2D eigenvalue weighted by Gasteiger charge is -2.11. The summed E-state index contributed by atoms with van der Waals surface area (Å²) in [4.78, 5) is 13.0. The number of fused-ring (bicyclic) bond motifs is 1. The minimum absolute atomic E-state index is 0.133. The van der Waals surface area contributed by atoms with Crippen LogP contribution in [0.25, 0.3) is 22.3 Å². The topological polar surface area (TPSA) is 92.4 Å². The number of anilines is 1. The second kappa shape index (κ2) is 7.97. The van der Waals surface area contributed by atoms with E-state index in [1.165, 1.54) is 0 Å². The Morgan fingerprint density at radius 1 is 0.962 bits per heavy atom. The van der Waals surface area contributed by atoms with Gasteiger partial charge in [-0.25, -0.2) is 9.97 Å². The first kappa shape index (κ1) is 17.9. The first-order chi connectivity index (χ1) is 12.6. The van der Waals surface area contributed by atoms with Crippen LogP contribution in [0.15, 0.2) is 36.4 Å². The van der Waals surface area contributed by atoms with Crippen molar-refractivity contribution in [3.05, 3.63) is 36.4 Å². The Morgan fingerprint density at radius 2 is 1.73 bits per heavy atom. The number of nitrogen functional groups attached to an aromatic ring is 1. The van der Waals surface area contributed by atoms with Crippen LogP contribution in [0.2, 0.25) is 0 Å². The second-order valence-corrected chi connectivity index (χ2v) is 5.98. The van der Waals surface area contributed by atoms with Crippen LogP contribution in [-0.4, -0.2) is 41.4 Å². The van der Waals surface area contributed by atoms with Crippen LogP contribution in [0.3, 0.4) is 0 Å². The van der Waals surface area contributed by atoms with Crippen LogP contribution in [-0.2, 0) is 4.74 Å². The maximum absolute atomic E-state index is 5.76. The molecule has 0 amide bonds. The minimum Gasteiger partial charge on any atom is -0.491 e. The molecule has 0 aliphatic heterocycles. The number of aromatic nitrogens is 3. The van der Waals surface area contributed by atoms with Crippen molar-refractivity contribution in [3.8, 4) is 22.9 Å². The van der Waals surface area contributed by atoms with Crippen LogP contribution in [0, 0.1) is 0 Å². The summed E-state index contributed by atoms with van der Waals surface area (Å²) in [5.41, 5.74) is 8.71. The summed E-state index contributed by atoms with van der Waals surface area (Å²) in [5, 5.41) is 0. The summed E-state index contributed by atoms with van der Waals surface area (Å²) >= 11 is 0. The van der Waals surface area contributed by atoms with Gasteiger partial charge in [0.2, 0.25) is 11.8 Å². The van der Waals surface area contributed by atoms with E-state index in [4.69, 9.17) is 19.9 Å². The molecule has 0 saturated carbocycles. The average Bonchev–Trinajstić information content (AvgIpc) is 2.61. The first-order valence-corrected chi connectivity index (χ1v) is 8.40. The zero-order valence-electron chi connectivity index (χ0n) is 15.1. The van der Waals surface area contributed by atoms with Gasteiger partial charge >= 0.3 is 0 Å². The Kier molecular flexibility index (Phi) is 5.48. The molecule has 7 nitrogen and oxygen atoms in total. The largest absolute Gasteiger partial charge is 0.491 e. The normalized spacial score (nSPS) is 11.1. The van der Waals surface area contributed by atoms with Gasteiger partial charge in [0.25, 0.3) is 0 Å². The predicted molar refractivity (Wildman–Crippen MR) is 100 cm³/mol. The molecule has 3 rings (SSSR count). The highest BCUT2D eigenvalue weighted by Gasteiger charge is 2.11. The van der Waals surface area contributed by atoms with Gasteiger partial charge in [0.05, 0.1) is 23.9 Å². The van der Waals surface area contributed by atoms with Crippen LogP contribution in [0.5, 0.6) is 11.6 Å². The zero-order valence-corrected chi connectivity index (χ0v) is 15.1. The SMILES string of the molecule is COCCOc1nc(N)nc2ccc(-c3ccc(OC(C)C)cc3)nc12. The molecule has 0 aliphatic rings. The molecule has 3 aromatic rings. The van der Waals surface area contributed by atoms with Gasteiger partial charge in [0.15, 0.2) is 5.52 Å². The highest BCUT2D eigenvalue weighted by atomic mass is 16.5. The van der Waals surface area contributed by atoms with Gasteiger partial charge in [-0.05, 0) is 50.2 Å². The number of pyridine rings is 1. The summed E-state index contributed by atoms with van der Waals surface area (Å²) in [6.45, 7) is 4.79. The molecule has 0 saturated heterocycles. The van der Waals surface area contributed by atoms with Gasteiger partial charge in [-0.3, -0.25) is 0 Å². The molecule has 0 spiro atoms. The number of methoxy groups -OCH3 is 1. The third kappa shape index (κ3) is 4.18. The molecule has 136 valence electrons. The molecule has 0 atom stereocenters. The van der Waals surface area contributed by atoms with Gasteiger partial charge in [-0.15, -0.1) is 0 Å². The number of nitrogens with two attached hydrogens (primary N) is 1. The number of rotatable bonds is 7. The predicted octanol–water partition coefficient (Wildman–Crippen LogP) is 3.09. The van der Waals surface area contributed by atoms with Gasteiger partial charge in [-0.1, -0.05) is 0 Å². The van der Waals surface area contributed by atoms with E-state index in [0.717, 1.165) is 17.0 Å². The summed E-state index contributed by atoms with van der Waals surface area (Å²) in [5.74, 6) is 1.32. The van der Waals surface area contributed by atoms with Crippen molar-refractivity contribution >= 4 is 17.0 Å². The van der Waals surface area contributed by atoms with E-state index >= 15 is 0 Å². The molecule has 0 bridgehead atoms. The van der Waals surface area contributed by atoms with E-state index in [0.29, 0.717) is 30.1 Å². The van der Waals surface area contributed by atoms with E-state index in [9.17, 15) is 0 Å². The van der Waals surface area contributed by atoms with E-state index in [1.807, 2.05) is 50.2 Å². The molecule has 0 unspecified atom stereocenters. The lowest BCUT2D eigenvalue weighted by Crippen LogP contribution is -2.08. The Labute approximate surface area is 152 Å². The first-order valence-electron chi connectivity index (χ1n) is 8.40. The molecular formula is C19H22N4O3. The van der Waals surface area contributed by atoms with Crippen molar-refractivity contribution in [1.29, 1.82) is 0 Å². The molecule has 2 aromatic heterocycles. The van der Waals surface area contributed by atoms with Gasteiger partial charge < -0.3 is 19.9 Å². The molecule has 0 radical (unpaired) electrons. The van der Waals surface area contributed by atoms with E-state index in [1.54, 1.807) is 7.11 Å². The number of nitrogens with zero attached hydrogens (tertiary/aromatic N) is 3. The fourth-order valence-corrected chi connectivity index (χ4v) is 2.46. The summed E-state index contributed by atoms with van der Waals surface area (Å²) in [7, 11) is 1.61. The van der Waals surface area contributed by atoms with Crippen LogP contribution < -0.4 is 15.2 Å². The van der Waals surface area contributed by atoms with E-state index < -0.39 is 0 Å². The van der Waals surface area contributed by atoms with Crippen molar-refractivity contribution in [3.63, 3.8) is 0 Å². The number of benzene rings is 1. The number of hydrogen-bond acceptors (Lipinski definition) is 7. The van der Waals surface area contributed by atoms with E-state index in [-0.39, 0.29) is 12.1 Å². The van der Waals surface area contributed by atoms with Crippen LogP contribution >= 0.6 is 0 Å². The van der Waals surface area contributed by atoms with Gasteiger partial charge in [0, 0.05) is 12.7 Å². The summed E-state index contributed by atoms with van der Waals surface area (Å²) in [6, 6.07) is 11.5. The number of hydrogen-bond donors (Lipinski definition) is 1. The molecule has 2 N–H and O–H groups in total. The van der Waals surface area contributed by atoms with Crippen molar-refractivity contribution in [2.45, 2.75) is 20.0 Å². The summed E-state index contributed by atoms with van der Waals surface area (Å²) in [6.07, 6.45) is 0.133. The molecule has 2 heterocycles. The van der Waals surface area contributed by atoms with Crippen LogP contribution in [0.1, 0.15) is 13.8 Å². The summed E-state index contributed by atoms with van der Waals surface area (Å²) < 4.78 is 16.3. The minimum atomic E-state index is 0.133. The lowest BCUT2D eigenvalue weighted by atomic mass is 10.1. The van der Waals surface area contributed by atoms with Gasteiger partial charge in [0.1, 0.15) is 12.4 Å². The molecular weight excluding hydrogens is 332 g/mol. The maximum Gasteiger partial charge on any atom is 0.245 e. The number of ether oxygens (including phenoxy) is 3. The maximum atomic E-state index is 5.76. The quantitative estimate of drug-likeness (QED) is 0.652. The van der Waals surface area contributed by atoms with Crippen molar-refractivity contribution < 1.29 is 14.2 Å². The third-order valence-corrected chi connectivity index (χ3v) is 3.58. The lowest BCUT2D eigenvalue weighted by molar-refractivity contribution is 0.144. The Balaban J connectivity index is 1.94. The monoisotopic (exact) mass is 354 g/mol. The Hall–Kier alpha value is -2.93. The van der Waals surface area contributed by atoms with Gasteiger partial charge in [-0.2, -0.15) is 4.98 Å². The van der Waals surface area contributed by atoms with E-state index in [2.05, 4.69) is 15.0 Å². The highest BCUT2D eigenvalue weighted by Crippen LogP contribution is 2.27.